The van der Waals surface area contributed by atoms with Crippen LogP contribution in [0.1, 0.15) is 54.6 Å². The van der Waals surface area contributed by atoms with E-state index in [0.717, 1.165) is 52.7 Å². The normalized spacial score (nSPS) is 21.5. The molecule has 1 aliphatic carbocycles. The van der Waals surface area contributed by atoms with Crippen molar-refractivity contribution in [3.63, 3.8) is 0 Å². The predicted molar refractivity (Wildman–Crippen MR) is 111 cm³/mol. The lowest BCUT2D eigenvalue weighted by Gasteiger charge is -2.20. The monoisotopic (exact) mass is 393 g/mol. The molecule has 0 saturated carbocycles. The number of thiophene rings is 1. The number of rotatable bonds is 2. The van der Waals surface area contributed by atoms with Gasteiger partial charge < -0.3 is 9.88 Å². The number of nitrogens with one attached hydrogen (secondary N) is 1. The summed E-state index contributed by atoms with van der Waals surface area (Å²) in [6.07, 6.45) is 5.68. The Labute approximate surface area is 161 Å². The summed E-state index contributed by atoms with van der Waals surface area (Å²) in [4.78, 5) is 25.1. The summed E-state index contributed by atoms with van der Waals surface area (Å²) in [6, 6.07) is 0. The Balaban J connectivity index is 1.62. The lowest BCUT2D eigenvalue weighted by atomic mass is 9.89. The number of nitrogens with zero attached hydrogens (tertiary/aromatic N) is 2. The summed E-state index contributed by atoms with van der Waals surface area (Å²) in [5, 5.41) is 0.887. The number of aryl methyl sites for hydroxylation is 1. The van der Waals surface area contributed by atoms with E-state index in [1.54, 1.807) is 23.1 Å². The quantitative estimate of drug-likeness (QED) is 0.772. The van der Waals surface area contributed by atoms with E-state index < -0.39 is 0 Å². The third kappa shape index (κ3) is 3.38. The van der Waals surface area contributed by atoms with Gasteiger partial charge in [-0.25, -0.2) is 4.98 Å². The van der Waals surface area contributed by atoms with Crippen LogP contribution in [0.2, 0.25) is 0 Å². The number of likely N-dealkylation sites (tertiary alicyclic amines) is 1. The van der Waals surface area contributed by atoms with E-state index in [1.807, 2.05) is 0 Å². The van der Waals surface area contributed by atoms with Crippen LogP contribution in [-0.2, 0) is 12.8 Å². The lowest BCUT2D eigenvalue weighted by molar-refractivity contribution is 0.509. The van der Waals surface area contributed by atoms with Crippen LogP contribution in [0.25, 0.3) is 10.2 Å². The zero-order chi connectivity index (χ0) is 17.6. The summed E-state index contributed by atoms with van der Waals surface area (Å²) in [5.41, 5.74) is 1.26. The molecule has 7 heteroatoms. The molecule has 4 nitrogen and oxygen atoms in total. The molecule has 0 radical (unpaired) electrons. The van der Waals surface area contributed by atoms with Crippen molar-refractivity contribution in [2.45, 2.75) is 51.2 Å². The standard InChI is InChI=1S/C18H23N3OS3/c1-10-5-6-12-13(9-10)25-17-14(12)16(22)19-15(20-17)11(2)24-18(23)21-7-3-4-8-21/h10-11H,3-9H2,1-2H3,(H,19,20,22)/t10-,11+/m1/s1. The van der Waals surface area contributed by atoms with Gasteiger partial charge in [0.1, 0.15) is 15.0 Å². The minimum absolute atomic E-state index is 0.0200. The molecule has 1 fully saturated rings. The second-order valence-electron chi connectivity index (χ2n) is 7.20. The molecule has 0 spiro atoms. The molecule has 25 heavy (non-hydrogen) atoms. The summed E-state index contributed by atoms with van der Waals surface area (Å²) in [7, 11) is 0. The second kappa shape index (κ2) is 7.00. The van der Waals surface area contributed by atoms with Crippen molar-refractivity contribution in [3.05, 3.63) is 26.6 Å². The van der Waals surface area contributed by atoms with Crippen molar-refractivity contribution >= 4 is 49.9 Å². The van der Waals surface area contributed by atoms with Gasteiger partial charge in [0.25, 0.3) is 5.56 Å². The van der Waals surface area contributed by atoms with Crippen molar-refractivity contribution in [3.8, 4) is 0 Å². The van der Waals surface area contributed by atoms with Gasteiger partial charge >= 0.3 is 0 Å². The maximum atomic E-state index is 12.7. The Morgan fingerprint density at radius 1 is 1.44 bits per heavy atom. The van der Waals surface area contributed by atoms with Crippen LogP contribution >= 0.6 is 35.3 Å². The molecule has 2 atom stereocenters. The molecule has 1 N–H and O–H groups in total. The third-order valence-electron chi connectivity index (χ3n) is 5.21. The van der Waals surface area contributed by atoms with Crippen LogP contribution < -0.4 is 5.56 Å². The van der Waals surface area contributed by atoms with Crippen LogP contribution in [0.3, 0.4) is 0 Å². The van der Waals surface area contributed by atoms with Crippen LogP contribution in [0.15, 0.2) is 4.79 Å². The van der Waals surface area contributed by atoms with Crippen molar-refractivity contribution < 1.29 is 0 Å². The highest BCUT2D eigenvalue weighted by molar-refractivity contribution is 8.23. The van der Waals surface area contributed by atoms with E-state index in [2.05, 4.69) is 23.7 Å². The van der Waals surface area contributed by atoms with E-state index >= 15 is 0 Å². The van der Waals surface area contributed by atoms with Crippen LogP contribution in [0, 0.1) is 5.92 Å². The Kier molecular flexibility index (Phi) is 4.90. The minimum atomic E-state index is 0.0200. The summed E-state index contributed by atoms with van der Waals surface area (Å²) >= 11 is 8.92. The third-order valence-corrected chi connectivity index (χ3v) is 7.94. The second-order valence-corrected chi connectivity index (χ2v) is 10.3. The largest absolute Gasteiger partial charge is 0.358 e. The number of thiocarbonyl (C=S) groups is 1. The van der Waals surface area contributed by atoms with Crippen molar-refractivity contribution in [1.29, 1.82) is 0 Å². The molecular weight excluding hydrogens is 370 g/mol. The highest BCUT2D eigenvalue weighted by Gasteiger charge is 2.25. The number of fused-ring (bicyclic) bond motifs is 3. The smallest absolute Gasteiger partial charge is 0.259 e. The molecule has 1 aliphatic heterocycles. The Bertz CT molecular complexity index is 866. The van der Waals surface area contributed by atoms with E-state index in [0.29, 0.717) is 5.92 Å². The SMILES string of the molecule is C[C@@H]1CCc2c(sc3nc([C@H](C)SC(=S)N4CCCC4)[nH]c(=O)c23)C1. The van der Waals surface area contributed by atoms with Crippen molar-refractivity contribution in [1.82, 2.24) is 14.9 Å². The summed E-state index contributed by atoms with van der Waals surface area (Å²) in [5.74, 6) is 1.45. The first kappa shape index (κ1) is 17.5. The van der Waals surface area contributed by atoms with Gasteiger partial charge in [0.2, 0.25) is 0 Å². The molecule has 0 amide bonds. The van der Waals surface area contributed by atoms with Gasteiger partial charge in [0.05, 0.1) is 10.6 Å². The molecular formula is C18H23N3OS3. The molecule has 0 bridgehead atoms. The fourth-order valence-electron chi connectivity index (χ4n) is 3.74. The molecule has 0 aromatic carbocycles. The molecule has 0 unspecified atom stereocenters. The van der Waals surface area contributed by atoms with Crippen LogP contribution in [-0.4, -0.2) is 32.3 Å². The Hall–Kier alpha value is -0.920. The van der Waals surface area contributed by atoms with E-state index in [9.17, 15) is 4.79 Å². The molecule has 2 aliphatic rings. The average Bonchev–Trinajstić information content (AvgIpc) is 3.21. The molecule has 1 saturated heterocycles. The highest BCUT2D eigenvalue weighted by atomic mass is 32.2. The van der Waals surface area contributed by atoms with Crippen molar-refractivity contribution in [2.24, 2.45) is 5.92 Å². The maximum Gasteiger partial charge on any atom is 0.259 e. The van der Waals surface area contributed by atoms with Gasteiger partial charge in [0, 0.05) is 18.0 Å². The fraction of sp³-hybridized carbons (Fsp3) is 0.611. The van der Waals surface area contributed by atoms with Gasteiger partial charge in [-0.2, -0.15) is 0 Å². The highest BCUT2D eigenvalue weighted by Crippen LogP contribution is 2.37. The number of hydrogen-bond donors (Lipinski definition) is 1. The maximum absolute atomic E-state index is 12.7. The van der Waals surface area contributed by atoms with E-state index in [-0.39, 0.29) is 10.8 Å². The first-order valence-electron chi connectivity index (χ1n) is 9.03. The lowest BCUT2D eigenvalue weighted by Crippen LogP contribution is -2.24. The topological polar surface area (TPSA) is 49.0 Å². The van der Waals surface area contributed by atoms with Crippen molar-refractivity contribution in [2.75, 3.05) is 13.1 Å². The van der Waals surface area contributed by atoms with Crippen LogP contribution in [0.5, 0.6) is 0 Å². The molecule has 134 valence electrons. The minimum Gasteiger partial charge on any atom is -0.358 e. The van der Waals surface area contributed by atoms with Gasteiger partial charge in [-0.05, 0) is 50.5 Å². The molecule has 2 aromatic heterocycles. The number of thioether (sulfide) groups is 1. The molecule has 4 rings (SSSR count). The van der Waals surface area contributed by atoms with E-state index in [4.69, 9.17) is 17.2 Å². The van der Waals surface area contributed by atoms with Gasteiger partial charge in [-0.3, -0.25) is 4.79 Å². The van der Waals surface area contributed by atoms with Gasteiger partial charge in [-0.1, -0.05) is 30.9 Å². The zero-order valence-electron chi connectivity index (χ0n) is 14.6. The average molecular weight is 394 g/mol. The first-order chi connectivity index (χ1) is 12.0. The van der Waals surface area contributed by atoms with E-state index in [1.165, 1.54) is 23.3 Å². The Morgan fingerprint density at radius 3 is 2.96 bits per heavy atom. The number of aromatic amines is 1. The predicted octanol–water partition coefficient (Wildman–Crippen LogP) is 4.28. The first-order valence-corrected chi connectivity index (χ1v) is 11.1. The number of hydrogen-bond acceptors (Lipinski definition) is 5. The molecule has 3 heterocycles. The molecule has 2 aromatic rings. The zero-order valence-corrected chi connectivity index (χ0v) is 17.1. The summed E-state index contributed by atoms with van der Waals surface area (Å²) < 4.78 is 0.923. The number of aromatic nitrogens is 2. The van der Waals surface area contributed by atoms with Gasteiger partial charge in [0.15, 0.2) is 0 Å². The Morgan fingerprint density at radius 2 is 2.20 bits per heavy atom. The fourth-order valence-corrected chi connectivity index (χ4v) is 6.60. The summed E-state index contributed by atoms with van der Waals surface area (Å²) in [6.45, 7) is 6.47. The number of H-pyrrole nitrogens is 1. The van der Waals surface area contributed by atoms with Gasteiger partial charge in [-0.15, -0.1) is 11.3 Å². The van der Waals surface area contributed by atoms with Crippen LogP contribution in [0.4, 0.5) is 0 Å².